The first-order valence-corrected chi connectivity index (χ1v) is 4.18. The van der Waals surface area contributed by atoms with Crippen LogP contribution in [0.15, 0.2) is 29.1 Å². The highest BCUT2D eigenvalue weighted by Gasteiger charge is 2.06. The first kappa shape index (κ1) is 8.62. The van der Waals surface area contributed by atoms with E-state index in [2.05, 4.69) is 0 Å². The van der Waals surface area contributed by atoms with Gasteiger partial charge in [0.05, 0.1) is 11.2 Å². The number of pyridine rings is 1. The predicted molar refractivity (Wildman–Crippen MR) is 55.3 cm³/mol. The fourth-order valence-electron chi connectivity index (χ4n) is 1.56. The van der Waals surface area contributed by atoms with Crippen molar-refractivity contribution in [2.75, 3.05) is 5.73 Å². The molecule has 4 heteroatoms. The van der Waals surface area contributed by atoms with Gasteiger partial charge in [0.15, 0.2) is 0 Å². The van der Waals surface area contributed by atoms with Crippen LogP contribution in [0.3, 0.4) is 0 Å². The summed E-state index contributed by atoms with van der Waals surface area (Å²) in [6, 6.07) is 6.61. The topological polar surface area (TPSA) is 68.2 Å². The van der Waals surface area contributed by atoms with Crippen molar-refractivity contribution in [1.29, 1.82) is 0 Å². The van der Waals surface area contributed by atoms with Gasteiger partial charge in [-0.15, -0.1) is 0 Å². The zero-order chi connectivity index (χ0) is 10.3. The lowest BCUT2D eigenvalue weighted by molar-refractivity contribution is 0.478. The first-order valence-electron chi connectivity index (χ1n) is 4.18. The lowest BCUT2D eigenvalue weighted by Crippen LogP contribution is -2.20. The Morgan fingerprint density at radius 1 is 1.43 bits per heavy atom. The largest absolute Gasteiger partial charge is 0.506 e. The van der Waals surface area contributed by atoms with Crippen LogP contribution in [0.2, 0.25) is 0 Å². The quantitative estimate of drug-likeness (QED) is 0.646. The third-order valence-corrected chi connectivity index (χ3v) is 2.24. The summed E-state index contributed by atoms with van der Waals surface area (Å²) in [5, 5.41) is 10.3. The van der Waals surface area contributed by atoms with Crippen LogP contribution in [-0.2, 0) is 7.05 Å². The average molecular weight is 190 g/mol. The minimum Gasteiger partial charge on any atom is -0.506 e. The Morgan fingerprint density at radius 3 is 2.86 bits per heavy atom. The van der Waals surface area contributed by atoms with E-state index in [4.69, 9.17) is 5.73 Å². The molecule has 0 unspecified atom stereocenters. The molecular weight excluding hydrogens is 180 g/mol. The van der Waals surface area contributed by atoms with E-state index >= 15 is 0 Å². The van der Waals surface area contributed by atoms with Crippen molar-refractivity contribution >= 4 is 16.6 Å². The number of nitrogen functional groups attached to an aromatic ring is 1. The van der Waals surface area contributed by atoms with Crippen molar-refractivity contribution in [2.24, 2.45) is 7.05 Å². The van der Waals surface area contributed by atoms with Gasteiger partial charge >= 0.3 is 0 Å². The van der Waals surface area contributed by atoms with Crippen molar-refractivity contribution in [3.63, 3.8) is 0 Å². The summed E-state index contributed by atoms with van der Waals surface area (Å²) in [6.07, 6.45) is 0. The van der Waals surface area contributed by atoms with Gasteiger partial charge < -0.3 is 15.4 Å². The summed E-state index contributed by atoms with van der Waals surface area (Å²) in [6.45, 7) is 0. The molecule has 0 fully saturated rings. The van der Waals surface area contributed by atoms with Gasteiger partial charge in [-0.1, -0.05) is 12.1 Å². The molecule has 2 aromatic rings. The molecule has 0 spiro atoms. The Bertz CT molecular complexity index is 558. The van der Waals surface area contributed by atoms with Gasteiger partial charge in [0.2, 0.25) is 0 Å². The second kappa shape index (κ2) is 2.77. The van der Waals surface area contributed by atoms with Crippen LogP contribution >= 0.6 is 0 Å². The van der Waals surface area contributed by atoms with Gasteiger partial charge in [0.1, 0.15) is 5.75 Å². The highest BCUT2D eigenvalue weighted by atomic mass is 16.3. The molecule has 0 atom stereocenters. The smallest absolute Gasteiger partial charge is 0.274 e. The molecule has 1 aromatic heterocycles. The number of nitrogens with two attached hydrogens (primary N) is 1. The fraction of sp³-hybridized carbons (Fsp3) is 0.100. The van der Waals surface area contributed by atoms with Crippen molar-refractivity contribution < 1.29 is 5.11 Å². The molecule has 0 radical (unpaired) electrons. The zero-order valence-corrected chi connectivity index (χ0v) is 7.69. The number of para-hydroxylation sites is 1. The van der Waals surface area contributed by atoms with Crippen LogP contribution in [0.25, 0.3) is 10.9 Å². The molecule has 0 saturated heterocycles. The van der Waals surface area contributed by atoms with Gasteiger partial charge in [-0.3, -0.25) is 4.79 Å². The molecule has 0 amide bonds. The first-order chi connectivity index (χ1) is 6.61. The third-order valence-electron chi connectivity index (χ3n) is 2.24. The Hall–Kier alpha value is -1.97. The number of phenolic OH excluding ortho intramolecular Hbond substituents is 1. The normalized spacial score (nSPS) is 10.6. The molecule has 72 valence electrons. The number of anilines is 1. The Balaban J connectivity index is 3.07. The Kier molecular flexibility index (Phi) is 1.70. The van der Waals surface area contributed by atoms with E-state index in [0.717, 1.165) is 5.39 Å². The molecule has 3 N–H and O–H groups in total. The van der Waals surface area contributed by atoms with Crippen molar-refractivity contribution in [2.45, 2.75) is 0 Å². The molecule has 0 bridgehead atoms. The van der Waals surface area contributed by atoms with Gasteiger partial charge in [-0.2, -0.15) is 0 Å². The van der Waals surface area contributed by atoms with Gasteiger partial charge in [0, 0.05) is 12.4 Å². The van der Waals surface area contributed by atoms with E-state index in [0.29, 0.717) is 5.52 Å². The number of benzene rings is 1. The lowest BCUT2D eigenvalue weighted by atomic mass is 10.2. The maximum Gasteiger partial charge on any atom is 0.274 e. The molecule has 1 heterocycles. The van der Waals surface area contributed by atoms with E-state index in [9.17, 15) is 9.90 Å². The Labute approximate surface area is 80.2 Å². The van der Waals surface area contributed by atoms with Gasteiger partial charge in [-0.05, 0) is 12.1 Å². The van der Waals surface area contributed by atoms with Crippen LogP contribution in [0.5, 0.6) is 5.75 Å². The standard InChI is InChI=1S/C10H10N2O2/c1-12-9-6(3-2-4-8(9)13)5-7(11)10(12)14/h2-5,13H,11H2,1H3. The molecule has 2 rings (SSSR count). The molecule has 0 aliphatic carbocycles. The molecule has 0 aliphatic heterocycles. The zero-order valence-electron chi connectivity index (χ0n) is 7.69. The molecule has 4 nitrogen and oxygen atoms in total. The van der Waals surface area contributed by atoms with Crippen molar-refractivity contribution in [3.05, 3.63) is 34.6 Å². The molecular formula is C10H10N2O2. The van der Waals surface area contributed by atoms with Crippen molar-refractivity contribution in [3.8, 4) is 5.75 Å². The minimum atomic E-state index is -0.293. The minimum absolute atomic E-state index is 0.0853. The van der Waals surface area contributed by atoms with Crippen LogP contribution < -0.4 is 11.3 Å². The number of rotatable bonds is 0. The van der Waals surface area contributed by atoms with Crippen LogP contribution in [0.4, 0.5) is 5.69 Å². The van der Waals surface area contributed by atoms with Crippen LogP contribution in [0.1, 0.15) is 0 Å². The fourth-order valence-corrected chi connectivity index (χ4v) is 1.56. The number of hydrogen-bond acceptors (Lipinski definition) is 3. The number of aromatic nitrogens is 1. The summed E-state index contributed by atoms with van der Waals surface area (Å²) in [5.41, 5.74) is 5.92. The Morgan fingerprint density at radius 2 is 2.14 bits per heavy atom. The number of aromatic hydroxyl groups is 1. The summed E-state index contributed by atoms with van der Waals surface area (Å²) in [7, 11) is 1.58. The van der Waals surface area contributed by atoms with Gasteiger partial charge in [0.25, 0.3) is 5.56 Å². The van der Waals surface area contributed by atoms with E-state index in [-0.39, 0.29) is 17.0 Å². The average Bonchev–Trinajstić information content (AvgIpc) is 2.14. The highest BCUT2D eigenvalue weighted by molar-refractivity contribution is 5.86. The van der Waals surface area contributed by atoms with Crippen molar-refractivity contribution in [1.82, 2.24) is 4.57 Å². The predicted octanol–water partition coefficient (Wildman–Crippen LogP) is 0.826. The second-order valence-electron chi connectivity index (χ2n) is 3.18. The number of phenols is 1. The van der Waals surface area contributed by atoms with Crippen LogP contribution in [0, 0.1) is 0 Å². The molecule has 14 heavy (non-hydrogen) atoms. The number of aryl methyl sites for hydroxylation is 1. The summed E-state index contributed by atoms with van der Waals surface area (Å²) in [4.78, 5) is 11.5. The van der Waals surface area contributed by atoms with Crippen LogP contribution in [-0.4, -0.2) is 9.67 Å². The number of fused-ring (bicyclic) bond motifs is 1. The lowest BCUT2D eigenvalue weighted by Gasteiger charge is -2.07. The molecule has 1 aromatic carbocycles. The monoisotopic (exact) mass is 190 g/mol. The second-order valence-corrected chi connectivity index (χ2v) is 3.18. The third kappa shape index (κ3) is 1.04. The maximum atomic E-state index is 11.5. The SMILES string of the molecule is Cn1c(=O)c(N)cc2cccc(O)c21. The van der Waals surface area contributed by atoms with E-state index in [1.165, 1.54) is 10.6 Å². The summed E-state index contributed by atoms with van der Waals surface area (Å²) < 4.78 is 1.35. The van der Waals surface area contributed by atoms with E-state index < -0.39 is 0 Å². The number of nitrogens with zero attached hydrogens (tertiary/aromatic N) is 1. The maximum absolute atomic E-state index is 11.5. The summed E-state index contributed by atoms with van der Waals surface area (Å²) >= 11 is 0. The molecule has 0 aliphatic rings. The molecule has 0 saturated carbocycles. The summed E-state index contributed by atoms with van der Waals surface area (Å²) in [5.74, 6) is 0.0853. The number of hydrogen-bond donors (Lipinski definition) is 2. The highest BCUT2D eigenvalue weighted by Crippen LogP contribution is 2.23. The van der Waals surface area contributed by atoms with Gasteiger partial charge in [-0.25, -0.2) is 0 Å². The van der Waals surface area contributed by atoms with E-state index in [1.54, 1.807) is 25.2 Å². The van der Waals surface area contributed by atoms with E-state index in [1.807, 2.05) is 0 Å².